The molecule has 3 heterocycles. The molecule has 21 heavy (non-hydrogen) atoms. The summed E-state index contributed by atoms with van der Waals surface area (Å²) in [7, 11) is 1.98. The first-order valence-electron chi connectivity index (χ1n) is 6.61. The molecule has 0 aliphatic carbocycles. The van der Waals surface area contributed by atoms with Crippen molar-refractivity contribution in [1.82, 2.24) is 24.3 Å². The van der Waals surface area contributed by atoms with Gasteiger partial charge in [-0.1, -0.05) is 5.16 Å². The molecule has 0 spiro atoms. The maximum Gasteiger partial charge on any atom is 0.202 e. The summed E-state index contributed by atoms with van der Waals surface area (Å²) < 4.78 is 9.29. The number of fused-ring (bicyclic) bond motifs is 1. The Kier molecular flexibility index (Phi) is 2.44. The summed E-state index contributed by atoms with van der Waals surface area (Å²) in [6.45, 7) is 1.89. The first-order valence-corrected chi connectivity index (χ1v) is 6.61. The number of benzene rings is 1. The summed E-state index contributed by atoms with van der Waals surface area (Å²) in [4.78, 5) is 8.71. The third-order valence-corrected chi connectivity index (χ3v) is 3.48. The number of aromatic nitrogens is 5. The van der Waals surface area contributed by atoms with Gasteiger partial charge in [-0.3, -0.25) is 4.57 Å². The highest BCUT2D eigenvalue weighted by Gasteiger charge is 2.13. The van der Waals surface area contributed by atoms with E-state index in [1.54, 1.807) is 6.20 Å². The molecule has 0 amide bonds. The highest BCUT2D eigenvalue weighted by Crippen LogP contribution is 2.24. The minimum absolute atomic E-state index is 0.655. The Hall–Kier alpha value is -2.89. The Bertz CT molecular complexity index is 931. The van der Waals surface area contributed by atoms with Crippen molar-refractivity contribution in [3.8, 4) is 17.3 Å². The van der Waals surface area contributed by atoms with Crippen LogP contribution >= 0.6 is 0 Å². The number of rotatable bonds is 2. The van der Waals surface area contributed by atoms with Crippen molar-refractivity contribution in [3.05, 3.63) is 48.7 Å². The van der Waals surface area contributed by atoms with E-state index in [9.17, 15) is 0 Å². The van der Waals surface area contributed by atoms with Crippen LogP contribution in [-0.4, -0.2) is 24.3 Å². The summed E-state index contributed by atoms with van der Waals surface area (Å²) in [5, 5.41) is 3.92. The van der Waals surface area contributed by atoms with Crippen molar-refractivity contribution < 1.29 is 4.52 Å². The molecule has 0 saturated carbocycles. The van der Waals surface area contributed by atoms with Crippen molar-refractivity contribution in [1.29, 1.82) is 0 Å². The average molecular weight is 279 g/mol. The topological polar surface area (TPSA) is 61.7 Å². The van der Waals surface area contributed by atoms with E-state index < -0.39 is 0 Å². The molecule has 0 unspecified atom stereocenters. The van der Waals surface area contributed by atoms with Crippen LogP contribution in [-0.2, 0) is 7.05 Å². The average Bonchev–Trinajstić information content (AvgIpc) is 3.19. The van der Waals surface area contributed by atoms with Gasteiger partial charge >= 0.3 is 0 Å². The number of hydrogen-bond donors (Lipinski definition) is 0. The van der Waals surface area contributed by atoms with E-state index in [0.717, 1.165) is 28.2 Å². The maximum absolute atomic E-state index is 5.32. The zero-order valence-corrected chi connectivity index (χ0v) is 11.7. The molecule has 1 aromatic carbocycles. The molecule has 6 nitrogen and oxygen atoms in total. The van der Waals surface area contributed by atoms with E-state index in [2.05, 4.69) is 21.2 Å². The smallest absolute Gasteiger partial charge is 0.202 e. The second kappa shape index (κ2) is 4.31. The lowest BCUT2D eigenvalue weighted by molar-refractivity contribution is 0.424. The Morgan fingerprint density at radius 2 is 2.05 bits per heavy atom. The SMILES string of the molecule is Cc1cc(-c2nccn2-c2ccc3ncn(C)c3c2)on1. The fourth-order valence-electron chi connectivity index (χ4n) is 2.43. The molecule has 0 aliphatic heterocycles. The molecule has 0 saturated heterocycles. The second-order valence-electron chi connectivity index (χ2n) is 4.98. The van der Waals surface area contributed by atoms with Crippen LogP contribution in [0.2, 0.25) is 0 Å². The first-order chi connectivity index (χ1) is 10.2. The minimum Gasteiger partial charge on any atom is -0.353 e. The lowest BCUT2D eigenvalue weighted by Gasteiger charge is -2.06. The third-order valence-electron chi connectivity index (χ3n) is 3.48. The van der Waals surface area contributed by atoms with E-state index in [1.807, 2.05) is 53.8 Å². The summed E-state index contributed by atoms with van der Waals surface area (Å²) in [6.07, 6.45) is 5.47. The van der Waals surface area contributed by atoms with Gasteiger partial charge in [0.05, 0.1) is 23.1 Å². The predicted octanol–water partition coefficient (Wildman–Crippen LogP) is 2.72. The molecule has 4 rings (SSSR count). The van der Waals surface area contributed by atoms with Gasteiger partial charge in [0.2, 0.25) is 5.76 Å². The quantitative estimate of drug-likeness (QED) is 0.566. The normalized spacial score (nSPS) is 11.3. The van der Waals surface area contributed by atoms with Crippen LogP contribution in [0.1, 0.15) is 5.69 Å². The van der Waals surface area contributed by atoms with Crippen molar-refractivity contribution in [2.75, 3.05) is 0 Å². The van der Waals surface area contributed by atoms with Gasteiger partial charge in [-0.05, 0) is 25.1 Å². The van der Waals surface area contributed by atoms with Crippen LogP contribution in [0.5, 0.6) is 0 Å². The van der Waals surface area contributed by atoms with Crippen molar-refractivity contribution in [3.63, 3.8) is 0 Å². The van der Waals surface area contributed by atoms with Gasteiger partial charge in [0.25, 0.3) is 0 Å². The van der Waals surface area contributed by atoms with Crippen molar-refractivity contribution in [2.45, 2.75) is 6.92 Å². The van der Waals surface area contributed by atoms with E-state index in [0.29, 0.717) is 5.76 Å². The monoisotopic (exact) mass is 279 g/mol. The standard InChI is InChI=1S/C15H13N5O/c1-10-7-14(21-18-10)15-16-5-6-20(15)11-3-4-12-13(8-11)19(2)9-17-12/h3-9H,1-2H3. The van der Waals surface area contributed by atoms with Gasteiger partial charge in [-0.25, -0.2) is 9.97 Å². The van der Waals surface area contributed by atoms with Crippen molar-refractivity contribution in [2.24, 2.45) is 7.05 Å². The minimum atomic E-state index is 0.655. The Morgan fingerprint density at radius 1 is 1.14 bits per heavy atom. The summed E-state index contributed by atoms with van der Waals surface area (Å²) >= 11 is 0. The van der Waals surface area contributed by atoms with Crippen LogP contribution in [0.25, 0.3) is 28.3 Å². The van der Waals surface area contributed by atoms with Gasteiger partial charge in [0.1, 0.15) is 0 Å². The van der Waals surface area contributed by atoms with Gasteiger partial charge < -0.3 is 9.09 Å². The summed E-state index contributed by atoms with van der Waals surface area (Å²) in [5.41, 5.74) is 3.88. The second-order valence-corrected chi connectivity index (χ2v) is 4.98. The number of nitrogens with zero attached hydrogens (tertiary/aromatic N) is 5. The van der Waals surface area contributed by atoms with Crippen LogP contribution < -0.4 is 0 Å². The molecule has 0 aliphatic rings. The molecular weight excluding hydrogens is 266 g/mol. The zero-order valence-electron chi connectivity index (χ0n) is 11.7. The molecule has 104 valence electrons. The fourth-order valence-corrected chi connectivity index (χ4v) is 2.43. The Labute approximate surface area is 120 Å². The molecule has 6 heteroatoms. The number of imidazole rings is 2. The van der Waals surface area contributed by atoms with Crippen molar-refractivity contribution >= 4 is 11.0 Å². The predicted molar refractivity (Wildman–Crippen MR) is 78.1 cm³/mol. The van der Waals surface area contributed by atoms with Gasteiger partial charge in [0.15, 0.2) is 5.82 Å². The molecule has 0 fully saturated rings. The van der Waals surface area contributed by atoms with E-state index in [1.165, 1.54) is 0 Å². The molecule has 0 radical (unpaired) electrons. The highest BCUT2D eigenvalue weighted by molar-refractivity contribution is 5.78. The number of hydrogen-bond acceptors (Lipinski definition) is 4. The lowest BCUT2D eigenvalue weighted by atomic mass is 10.2. The molecule has 3 aromatic heterocycles. The first kappa shape index (κ1) is 11.9. The van der Waals surface area contributed by atoms with E-state index in [-0.39, 0.29) is 0 Å². The van der Waals surface area contributed by atoms with Crippen LogP contribution in [0.3, 0.4) is 0 Å². The fraction of sp³-hybridized carbons (Fsp3) is 0.133. The van der Waals surface area contributed by atoms with Crippen LogP contribution in [0, 0.1) is 6.92 Å². The third kappa shape index (κ3) is 1.84. The molecule has 0 bridgehead atoms. The Morgan fingerprint density at radius 3 is 2.86 bits per heavy atom. The maximum atomic E-state index is 5.32. The molecule has 4 aromatic rings. The summed E-state index contributed by atoms with van der Waals surface area (Å²) in [5.74, 6) is 1.39. The number of aryl methyl sites for hydroxylation is 2. The largest absolute Gasteiger partial charge is 0.353 e. The van der Waals surface area contributed by atoms with E-state index >= 15 is 0 Å². The Balaban J connectivity index is 1.89. The molecule has 0 N–H and O–H groups in total. The molecule has 0 atom stereocenters. The van der Waals surface area contributed by atoms with E-state index in [4.69, 9.17) is 4.52 Å². The highest BCUT2D eigenvalue weighted by atomic mass is 16.5. The van der Waals surface area contributed by atoms with Crippen LogP contribution in [0.4, 0.5) is 0 Å². The summed E-state index contributed by atoms with van der Waals surface area (Å²) in [6, 6.07) is 7.97. The lowest BCUT2D eigenvalue weighted by Crippen LogP contribution is -1.96. The zero-order chi connectivity index (χ0) is 14.4. The van der Waals surface area contributed by atoms with Gasteiger partial charge in [0, 0.05) is 31.2 Å². The van der Waals surface area contributed by atoms with Gasteiger partial charge in [-0.2, -0.15) is 0 Å². The van der Waals surface area contributed by atoms with Gasteiger partial charge in [-0.15, -0.1) is 0 Å². The van der Waals surface area contributed by atoms with Crippen LogP contribution in [0.15, 0.2) is 47.5 Å². The molecular formula is C15H13N5O.